The zero-order chi connectivity index (χ0) is 18.7. The fraction of sp³-hybridized carbons (Fsp3) is 0. The second kappa shape index (κ2) is 5.99. The Morgan fingerprint density at radius 1 is 0.679 bits per heavy atom. The summed E-state index contributed by atoms with van der Waals surface area (Å²) in [5.74, 6) is 0. The minimum atomic E-state index is 0.274. The number of thiophene rings is 1. The SMILES string of the molecule is Clc1nc(-c2cccc3sc4cc5ccccc5cc4c23)c2ccccc2n1. The van der Waals surface area contributed by atoms with Crippen LogP contribution in [0, 0.1) is 0 Å². The third kappa shape index (κ3) is 2.34. The number of hydrogen-bond donors (Lipinski definition) is 0. The summed E-state index contributed by atoms with van der Waals surface area (Å²) < 4.78 is 2.53. The van der Waals surface area contributed by atoms with Gasteiger partial charge in [-0.05, 0) is 46.6 Å². The van der Waals surface area contributed by atoms with Crippen LogP contribution in [0.1, 0.15) is 0 Å². The number of hydrogen-bond acceptors (Lipinski definition) is 3. The van der Waals surface area contributed by atoms with Crippen LogP contribution in [0.25, 0.3) is 53.1 Å². The molecule has 0 aliphatic carbocycles. The quantitative estimate of drug-likeness (QED) is 0.269. The zero-order valence-electron chi connectivity index (χ0n) is 14.7. The third-order valence-electron chi connectivity index (χ3n) is 5.19. The summed E-state index contributed by atoms with van der Waals surface area (Å²) >= 11 is 8.09. The second-order valence-corrected chi connectivity index (χ2v) is 8.26. The van der Waals surface area contributed by atoms with E-state index in [-0.39, 0.29) is 5.28 Å². The molecule has 0 saturated carbocycles. The van der Waals surface area contributed by atoms with Crippen molar-refractivity contribution in [3.63, 3.8) is 0 Å². The first-order chi connectivity index (χ1) is 13.8. The normalized spacial score (nSPS) is 11.8. The maximum absolute atomic E-state index is 6.28. The number of fused-ring (bicyclic) bond motifs is 5. The Bertz CT molecular complexity index is 1530. The molecular formula is C24H13ClN2S. The van der Waals surface area contributed by atoms with E-state index in [1.807, 2.05) is 29.5 Å². The highest BCUT2D eigenvalue weighted by Gasteiger charge is 2.15. The van der Waals surface area contributed by atoms with Gasteiger partial charge in [0.2, 0.25) is 5.28 Å². The predicted molar refractivity (Wildman–Crippen MR) is 120 cm³/mol. The molecule has 6 aromatic rings. The number of benzene rings is 4. The van der Waals surface area contributed by atoms with Crippen LogP contribution in [0.5, 0.6) is 0 Å². The molecule has 0 aliphatic rings. The lowest BCUT2D eigenvalue weighted by Crippen LogP contribution is -1.91. The molecule has 0 spiro atoms. The fourth-order valence-electron chi connectivity index (χ4n) is 3.96. The number of aromatic nitrogens is 2. The van der Waals surface area contributed by atoms with Gasteiger partial charge in [-0.25, -0.2) is 9.97 Å². The van der Waals surface area contributed by atoms with Gasteiger partial charge >= 0.3 is 0 Å². The van der Waals surface area contributed by atoms with Crippen molar-refractivity contribution < 1.29 is 0 Å². The lowest BCUT2D eigenvalue weighted by molar-refractivity contribution is 1.23. The summed E-state index contributed by atoms with van der Waals surface area (Å²) in [6.07, 6.45) is 0. The molecule has 0 saturated heterocycles. The first-order valence-electron chi connectivity index (χ1n) is 9.05. The molecule has 0 amide bonds. The Kier molecular flexibility index (Phi) is 3.42. The van der Waals surface area contributed by atoms with Gasteiger partial charge in [0.05, 0.1) is 11.2 Å². The van der Waals surface area contributed by atoms with E-state index >= 15 is 0 Å². The topological polar surface area (TPSA) is 25.8 Å². The van der Waals surface area contributed by atoms with Gasteiger partial charge in [-0.15, -0.1) is 11.3 Å². The number of para-hydroxylation sites is 1. The van der Waals surface area contributed by atoms with Crippen LogP contribution in [-0.2, 0) is 0 Å². The number of nitrogens with zero attached hydrogens (tertiary/aromatic N) is 2. The molecular weight excluding hydrogens is 384 g/mol. The summed E-state index contributed by atoms with van der Waals surface area (Å²) in [5.41, 5.74) is 2.84. The average molecular weight is 397 g/mol. The van der Waals surface area contributed by atoms with E-state index in [4.69, 9.17) is 11.6 Å². The Balaban J connectivity index is 1.78. The molecule has 0 unspecified atom stereocenters. The molecule has 0 bridgehead atoms. The minimum absolute atomic E-state index is 0.274. The Hall–Kier alpha value is -3.01. The van der Waals surface area contributed by atoms with Crippen LogP contribution < -0.4 is 0 Å². The molecule has 6 rings (SSSR count). The van der Waals surface area contributed by atoms with Crippen molar-refractivity contribution >= 4 is 64.8 Å². The molecule has 0 N–H and O–H groups in total. The smallest absolute Gasteiger partial charge is 0.218 e. The Morgan fingerprint density at radius 2 is 1.46 bits per heavy atom. The maximum Gasteiger partial charge on any atom is 0.223 e. The molecule has 2 aromatic heterocycles. The molecule has 0 radical (unpaired) electrons. The second-order valence-electron chi connectivity index (χ2n) is 6.83. The van der Waals surface area contributed by atoms with Crippen molar-refractivity contribution in [2.75, 3.05) is 0 Å². The summed E-state index contributed by atoms with van der Waals surface area (Å²) in [5, 5.41) is 6.28. The van der Waals surface area contributed by atoms with E-state index in [1.165, 1.54) is 30.9 Å². The average Bonchev–Trinajstić information content (AvgIpc) is 3.09. The van der Waals surface area contributed by atoms with Crippen LogP contribution >= 0.6 is 22.9 Å². The van der Waals surface area contributed by atoms with Crippen LogP contribution in [0.3, 0.4) is 0 Å². The summed E-state index contributed by atoms with van der Waals surface area (Å²) in [7, 11) is 0. The molecule has 4 aromatic carbocycles. The van der Waals surface area contributed by atoms with Crippen molar-refractivity contribution in [2.45, 2.75) is 0 Å². The van der Waals surface area contributed by atoms with Gasteiger partial charge in [-0.3, -0.25) is 0 Å². The molecule has 28 heavy (non-hydrogen) atoms. The van der Waals surface area contributed by atoms with E-state index < -0.39 is 0 Å². The first kappa shape index (κ1) is 16.0. The highest BCUT2D eigenvalue weighted by molar-refractivity contribution is 7.26. The molecule has 132 valence electrons. The highest BCUT2D eigenvalue weighted by Crippen LogP contribution is 2.42. The molecule has 4 heteroatoms. The fourth-order valence-corrected chi connectivity index (χ4v) is 5.30. The molecule has 0 fully saturated rings. The van der Waals surface area contributed by atoms with Gasteiger partial charge in [0.25, 0.3) is 0 Å². The van der Waals surface area contributed by atoms with E-state index in [1.54, 1.807) is 0 Å². The Morgan fingerprint density at radius 3 is 2.36 bits per heavy atom. The van der Waals surface area contributed by atoms with Gasteiger partial charge in [0.15, 0.2) is 0 Å². The Labute approximate surface area is 170 Å². The minimum Gasteiger partial charge on any atom is -0.218 e. The van der Waals surface area contributed by atoms with Crippen molar-refractivity contribution in [1.29, 1.82) is 0 Å². The number of halogens is 1. The van der Waals surface area contributed by atoms with E-state index in [2.05, 4.69) is 70.6 Å². The molecule has 2 nitrogen and oxygen atoms in total. The van der Waals surface area contributed by atoms with Crippen molar-refractivity contribution in [3.8, 4) is 11.3 Å². The molecule has 0 aliphatic heterocycles. The lowest BCUT2D eigenvalue weighted by Gasteiger charge is -2.08. The molecule has 2 heterocycles. The monoisotopic (exact) mass is 396 g/mol. The van der Waals surface area contributed by atoms with Gasteiger partial charge in [-0.2, -0.15) is 0 Å². The predicted octanol–water partition coefficient (Wildman–Crippen LogP) is 7.47. The summed E-state index contributed by atoms with van der Waals surface area (Å²) in [6.45, 7) is 0. The van der Waals surface area contributed by atoms with Gasteiger partial charge in [0.1, 0.15) is 0 Å². The standard InChI is InChI=1S/C24H13ClN2S/c25-24-26-19-10-4-3-8-16(19)23(27-24)17-9-5-11-20-22(17)18-12-14-6-1-2-7-15(14)13-21(18)28-20/h1-13H. The van der Waals surface area contributed by atoms with Crippen LogP contribution in [0.15, 0.2) is 78.9 Å². The van der Waals surface area contributed by atoms with Crippen molar-refractivity contribution in [2.24, 2.45) is 0 Å². The van der Waals surface area contributed by atoms with Crippen LogP contribution in [-0.4, -0.2) is 9.97 Å². The van der Waals surface area contributed by atoms with Gasteiger partial charge < -0.3 is 0 Å². The van der Waals surface area contributed by atoms with Gasteiger partial charge in [0, 0.05) is 31.1 Å². The van der Waals surface area contributed by atoms with E-state index in [9.17, 15) is 0 Å². The summed E-state index contributed by atoms with van der Waals surface area (Å²) in [6, 6.07) is 27.5. The summed E-state index contributed by atoms with van der Waals surface area (Å²) in [4.78, 5) is 9.02. The maximum atomic E-state index is 6.28. The lowest BCUT2D eigenvalue weighted by atomic mass is 9.99. The van der Waals surface area contributed by atoms with Gasteiger partial charge in [-0.1, -0.05) is 54.6 Å². The third-order valence-corrected chi connectivity index (χ3v) is 6.48. The van der Waals surface area contributed by atoms with Crippen LogP contribution in [0.4, 0.5) is 0 Å². The van der Waals surface area contributed by atoms with Crippen molar-refractivity contribution in [3.05, 3.63) is 84.1 Å². The molecule has 0 atom stereocenters. The number of rotatable bonds is 1. The first-order valence-corrected chi connectivity index (χ1v) is 10.2. The van der Waals surface area contributed by atoms with Crippen LogP contribution in [0.2, 0.25) is 5.28 Å². The van der Waals surface area contributed by atoms with E-state index in [0.29, 0.717) is 0 Å². The van der Waals surface area contributed by atoms with E-state index in [0.717, 1.165) is 22.2 Å². The van der Waals surface area contributed by atoms with Crippen molar-refractivity contribution in [1.82, 2.24) is 9.97 Å². The zero-order valence-corrected chi connectivity index (χ0v) is 16.3. The largest absolute Gasteiger partial charge is 0.223 e. The highest BCUT2D eigenvalue weighted by atomic mass is 35.5.